The van der Waals surface area contributed by atoms with Crippen LogP contribution < -0.4 is 5.32 Å². The molecule has 0 aliphatic rings. The first-order valence-electron chi connectivity index (χ1n) is 7.40. The Hall–Kier alpha value is -1.78. The zero-order valence-electron chi connectivity index (χ0n) is 13.1. The Kier molecular flexibility index (Phi) is 5.84. The maximum atomic E-state index is 4.70. The summed E-state index contributed by atoms with van der Waals surface area (Å²) < 4.78 is 0. The Morgan fingerprint density at radius 1 is 1.00 bits per heavy atom. The minimum absolute atomic E-state index is 0.474. The van der Waals surface area contributed by atoms with Crippen molar-refractivity contribution in [2.45, 2.75) is 39.5 Å². The molecule has 0 unspecified atom stereocenters. The van der Waals surface area contributed by atoms with E-state index in [1.165, 1.54) is 0 Å². The summed E-state index contributed by atoms with van der Waals surface area (Å²) in [6.07, 6.45) is 1.83. The summed E-state index contributed by atoms with van der Waals surface area (Å²) >= 11 is 0. The number of rotatable bonds is 7. The van der Waals surface area contributed by atoms with Gasteiger partial charge in [-0.1, -0.05) is 26.0 Å². The molecule has 2 aromatic rings. The zero-order chi connectivity index (χ0) is 15.1. The molecule has 0 saturated carbocycles. The van der Waals surface area contributed by atoms with Crippen LogP contribution in [0.2, 0.25) is 0 Å². The molecule has 0 radical (unpaired) electrons. The second kappa shape index (κ2) is 7.86. The molecule has 0 fully saturated rings. The molecule has 0 saturated heterocycles. The number of hydrogen-bond acceptors (Lipinski definition) is 4. The van der Waals surface area contributed by atoms with Gasteiger partial charge < -0.3 is 5.32 Å². The Bertz CT molecular complexity index is 539. The lowest BCUT2D eigenvalue weighted by Crippen LogP contribution is -2.23. The molecular weight excluding hydrogens is 260 g/mol. The molecule has 0 atom stereocenters. The molecule has 2 aromatic heterocycles. The summed E-state index contributed by atoms with van der Waals surface area (Å²) in [5.41, 5.74) is 3.27. The molecule has 0 bridgehead atoms. The van der Waals surface area contributed by atoms with Crippen LogP contribution in [-0.4, -0.2) is 28.0 Å². The number of pyridine rings is 2. The van der Waals surface area contributed by atoms with E-state index in [0.29, 0.717) is 6.04 Å². The smallest absolute Gasteiger partial charge is 0.0547 e. The molecule has 2 rings (SSSR count). The lowest BCUT2D eigenvalue weighted by Gasteiger charge is -2.16. The topological polar surface area (TPSA) is 41.0 Å². The summed E-state index contributed by atoms with van der Waals surface area (Å²) in [4.78, 5) is 11.3. The average Bonchev–Trinajstić information content (AvgIpc) is 2.46. The summed E-state index contributed by atoms with van der Waals surface area (Å²) in [6.45, 7) is 6.76. The van der Waals surface area contributed by atoms with Crippen LogP contribution in [0.1, 0.15) is 30.9 Å². The normalized spacial score (nSPS) is 11.3. The van der Waals surface area contributed by atoms with Crippen LogP contribution in [0.5, 0.6) is 0 Å². The van der Waals surface area contributed by atoms with Crippen LogP contribution in [0.4, 0.5) is 0 Å². The van der Waals surface area contributed by atoms with Gasteiger partial charge in [0.05, 0.1) is 17.1 Å². The van der Waals surface area contributed by atoms with E-state index in [2.05, 4.69) is 54.3 Å². The van der Waals surface area contributed by atoms with Gasteiger partial charge in [-0.2, -0.15) is 0 Å². The van der Waals surface area contributed by atoms with Gasteiger partial charge in [0.25, 0.3) is 0 Å². The van der Waals surface area contributed by atoms with Crippen molar-refractivity contribution in [2.24, 2.45) is 0 Å². The van der Waals surface area contributed by atoms with E-state index in [1.807, 2.05) is 24.4 Å². The van der Waals surface area contributed by atoms with Gasteiger partial charge in [0, 0.05) is 31.9 Å². The van der Waals surface area contributed by atoms with Gasteiger partial charge in [0.15, 0.2) is 0 Å². The van der Waals surface area contributed by atoms with Gasteiger partial charge in [-0.05, 0) is 31.3 Å². The molecule has 4 nitrogen and oxygen atoms in total. The molecular formula is C17H24N4. The lowest BCUT2D eigenvalue weighted by molar-refractivity contribution is 0.311. The van der Waals surface area contributed by atoms with Crippen molar-refractivity contribution in [3.63, 3.8) is 0 Å². The second-order valence-electron chi connectivity index (χ2n) is 5.65. The minimum atomic E-state index is 0.474. The molecule has 0 aliphatic heterocycles. The van der Waals surface area contributed by atoms with E-state index in [1.54, 1.807) is 0 Å². The number of nitrogens with one attached hydrogen (secondary N) is 1. The van der Waals surface area contributed by atoms with Gasteiger partial charge in [-0.15, -0.1) is 0 Å². The lowest BCUT2D eigenvalue weighted by atomic mass is 10.2. The van der Waals surface area contributed by atoms with Crippen LogP contribution in [-0.2, 0) is 19.6 Å². The SMILES string of the molecule is CC(C)NCc1cccc(CN(C)Cc2ccccn2)n1. The third-order valence-corrected chi connectivity index (χ3v) is 3.15. The fourth-order valence-corrected chi connectivity index (χ4v) is 2.13. The van der Waals surface area contributed by atoms with E-state index >= 15 is 0 Å². The Balaban J connectivity index is 1.91. The van der Waals surface area contributed by atoms with E-state index < -0.39 is 0 Å². The van der Waals surface area contributed by atoms with E-state index in [9.17, 15) is 0 Å². The largest absolute Gasteiger partial charge is 0.309 e. The second-order valence-corrected chi connectivity index (χ2v) is 5.65. The number of hydrogen-bond donors (Lipinski definition) is 1. The number of aromatic nitrogens is 2. The van der Waals surface area contributed by atoms with Crippen LogP contribution >= 0.6 is 0 Å². The molecule has 2 heterocycles. The van der Waals surface area contributed by atoms with Crippen molar-refractivity contribution in [3.05, 3.63) is 59.7 Å². The summed E-state index contributed by atoms with van der Waals surface area (Å²) in [5.74, 6) is 0. The highest BCUT2D eigenvalue weighted by Gasteiger charge is 2.05. The van der Waals surface area contributed by atoms with Gasteiger partial charge in [0.1, 0.15) is 0 Å². The van der Waals surface area contributed by atoms with Crippen LogP contribution in [0.15, 0.2) is 42.6 Å². The summed E-state index contributed by atoms with van der Waals surface area (Å²) in [5, 5.41) is 3.40. The average molecular weight is 284 g/mol. The first kappa shape index (κ1) is 15.6. The molecule has 1 N–H and O–H groups in total. The summed E-state index contributed by atoms with van der Waals surface area (Å²) in [7, 11) is 2.09. The van der Waals surface area contributed by atoms with E-state index in [-0.39, 0.29) is 0 Å². The third-order valence-electron chi connectivity index (χ3n) is 3.15. The standard InChI is InChI=1S/C17H24N4/c1-14(2)19-11-15-8-6-9-17(20-15)13-21(3)12-16-7-4-5-10-18-16/h4-10,14,19H,11-13H2,1-3H3. The van der Waals surface area contributed by atoms with Gasteiger partial charge in [-0.3, -0.25) is 14.9 Å². The predicted molar refractivity (Wildman–Crippen MR) is 85.6 cm³/mol. The van der Waals surface area contributed by atoms with Crippen LogP contribution in [0.25, 0.3) is 0 Å². The monoisotopic (exact) mass is 284 g/mol. The fraction of sp³-hybridized carbons (Fsp3) is 0.412. The third kappa shape index (κ3) is 5.61. The molecule has 0 spiro atoms. The zero-order valence-corrected chi connectivity index (χ0v) is 13.1. The van der Waals surface area contributed by atoms with Crippen molar-refractivity contribution >= 4 is 0 Å². The molecule has 112 valence electrons. The number of nitrogens with zero attached hydrogens (tertiary/aromatic N) is 3. The van der Waals surface area contributed by atoms with Crippen molar-refractivity contribution < 1.29 is 0 Å². The van der Waals surface area contributed by atoms with Crippen molar-refractivity contribution in [1.29, 1.82) is 0 Å². The van der Waals surface area contributed by atoms with Gasteiger partial charge in [-0.25, -0.2) is 0 Å². The summed E-state index contributed by atoms with van der Waals surface area (Å²) in [6, 6.07) is 12.7. The Morgan fingerprint density at radius 3 is 2.43 bits per heavy atom. The first-order valence-corrected chi connectivity index (χ1v) is 7.40. The molecule has 4 heteroatoms. The quantitative estimate of drug-likeness (QED) is 0.848. The van der Waals surface area contributed by atoms with Gasteiger partial charge in [0.2, 0.25) is 0 Å². The maximum absolute atomic E-state index is 4.70. The highest BCUT2D eigenvalue weighted by molar-refractivity contribution is 5.11. The highest BCUT2D eigenvalue weighted by atomic mass is 15.1. The van der Waals surface area contributed by atoms with E-state index in [4.69, 9.17) is 4.98 Å². The van der Waals surface area contributed by atoms with Crippen LogP contribution in [0, 0.1) is 0 Å². The van der Waals surface area contributed by atoms with Gasteiger partial charge >= 0.3 is 0 Å². The molecule has 21 heavy (non-hydrogen) atoms. The fourth-order valence-electron chi connectivity index (χ4n) is 2.13. The van der Waals surface area contributed by atoms with Crippen molar-refractivity contribution in [1.82, 2.24) is 20.2 Å². The van der Waals surface area contributed by atoms with Crippen molar-refractivity contribution in [2.75, 3.05) is 7.05 Å². The van der Waals surface area contributed by atoms with Crippen LogP contribution in [0.3, 0.4) is 0 Å². The molecule has 0 aromatic carbocycles. The minimum Gasteiger partial charge on any atom is -0.309 e. The first-order chi connectivity index (χ1) is 10.1. The van der Waals surface area contributed by atoms with E-state index in [0.717, 1.165) is 36.7 Å². The highest BCUT2D eigenvalue weighted by Crippen LogP contribution is 2.06. The maximum Gasteiger partial charge on any atom is 0.0547 e. The molecule has 0 amide bonds. The Labute approximate surface area is 127 Å². The predicted octanol–water partition coefficient (Wildman–Crippen LogP) is 2.61. The Morgan fingerprint density at radius 2 is 1.71 bits per heavy atom. The molecule has 0 aliphatic carbocycles. The van der Waals surface area contributed by atoms with Crippen molar-refractivity contribution in [3.8, 4) is 0 Å².